The van der Waals surface area contributed by atoms with E-state index in [1.54, 1.807) is 14.2 Å². The van der Waals surface area contributed by atoms with Gasteiger partial charge in [0.1, 0.15) is 0 Å². The van der Waals surface area contributed by atoms with Crippen LogP contribution in [0.1, 0.15) is 18.4 Å². The van der Waals surface area contributed by atoms with E-state index < -0.39 is 0 Å². The second-order valence-electron chi connectivity index (χ2n) is 4.98. The van der Waals surface area contributed by atoms with E-state index in [0.29, 0.717) is 17.9 Å². The van der Waals surface area contributed by atoms with E-state index in [9.17, 15) is 0 Å². The van der Waals surface area contributed by atoms with Crippen molar-refractivity contribution in [3.63, 3.8) is 0 Å². The number of aliphatic hydroxyl groups excluding tert-OH is 2. The number of aliphatic hydroxyl groups is 2. The van der Waals surface area contributed by atoms with Gasteiger partial charge in [0, 0.05) is 37.4 Å². The van der Waals surface area contributed by atoms with Gasteiger partial charge in [-0.15, -0.1) is 0 Å². The molecule has 1 aromatic carbocycles. The van der Waals surface area contributed by atoms with E-state index in [1.165, 1.54) is 5.56 Å². The number of nitrogens with zero attached hydrogens (tertiary/aromatic N) is 1. The molecule has 5 heteroatoms. The average Bonchev–Trinajstić information content (AvgIpc) is 2.86. The van der Waals surface area contributed by atoms with Crippen LogP contribution in [0.15, 0.2) is 18.3 Å². The van der Waals surface area contributed by atoms with Crippen LogP contribution < -0.4 is 9.47 Å². The van der Waals surface area contributed by atoms with Crippen LogP contribution in [0.2, 0.25) is 0 Å². The van der Waals surface area contributed by atoms with Crippen molar-refractivity contribution < 1.29 is 19.7 Å². The Hall–Kier alpha value is -1.72. The summed E-state index contributed by atoms with van der Waals surface area (Å²) >= 11 is 0. The van der Waals surface area contributed by atoms with Gasteiger partial charge in [-0.2, -0.15) is 0 Å². The van der Waals surface area contributed by atoms with Crippen molar-refractivity contribution in [1.29, 1.82) is 0 Å². The number of hydrogen-bond acceptors (Lipinski definition) is 4. The number of aromatic nitrogens is 1. The van der Waals surface area contributed by atoms with Gasteiger partial charge in [0.05, 0.1) is 19.7 Å². The Balaban J connectivity index is 2.51. The Labute approximate surface area is 124 Å². The summed E-state index contributed by atoms with van der Waals surface area (Å²) in [5.41, 5.74) is 2.24. The van der Waals surface area contributed by atoms with Crippen molar-refractivity contribution in [3.8, 4) is 11.5 Å². The van der Waals surface area contributed by atoms with Gasteiger partial charge >= 0.3 is 0 Å². The largest absolute Gasteiger partial charge is 0.493 e. The van der Waals surface area contributed by atoms with E-state index in [-0.39, 0.29) is 13.2 Å². The molecule has 116 valence electrons. The molecule has 0 amide bonds. The third-order valence-corrected chi connectivity index (χ3v) is 3.63. The molecule has 2 rings (SSSR count). The molecule has 2 aromatic rings. The standard InChI is InChI=1S/C16H23NO4/c1-20-15-9-13-12(5-3-7-18)11-17(6-4-8-19)14(13)10-16(15)21-2/h9-11,18-19H,3-8H2,1-2H3. The Bertz CT molecular complexity index is 541. The third-order valence-electron chi connectivity index (χ3n) is 3.63. The van der Waals surface area contributed by atoms with E-state index >= 15 is 0 Å². The zero-order valence-electron chi connectivity index (χ0n) is 12.6. The van der Waals surface area contributed by atoms with Crippen LogP contribution in [-0.2, 0) is 13.0 Å². The molecule has 2 N–H and O–H groups in total. The van der Waals surface area contributed by atoms with Gasteiger partial charge in [-0.3, -0.25) is 0 Å². The van der Waals surface area contributed by atoms with Crippen molar-refractivity contribution in [3.05, 3.63) is 23.9 Å². The monoisotopic (exact) mass is 293 g/mol. The number of hydrogen-bond donors (Lipinski definition) is 2. The molecular weight excluding hydrogens is 270 g/mol. The van der Waals surface area contributed by atoms with Crippen LogP contribution in [0.25, 0.3) is 10.9 Å². The SMILES string of the molecule is COc1cc2c(CCCO)cn(CCCO)c2cc1OC. The highest BCUT2D eigenvalue weighted by molar-refractivity contribution is 5.87. The molecule has 0 spiro atoms. The maximum atomic E-state index is 9.05. The van der Waals surface area contributed by atoms with Crippen LogP contribution in [0.3, 0.4) is 0 Å². The zero-order chi connectivity index (χ0) is 15.2. The average molecular weight is 293 g/mol. The summed E-state index contributed by atoms with van der Waals surface area (Å²) in [6.45, 7) is 1.09. The number of aryl methyl sites for hydroxylation is 2. The van der Waals surface area contributed by atoms with Crippen LogP contribution in [0, 0.1) is 0 Å². The third kappa shape index (κ3) is 3.31. The maximum absolute atomic E-state index is 9.05. The van der Waals surface area contributed by atoms with E-state index in [0.717, 1.165) is 30.3 Å². The highest BCUT2D eigenvalue weighted by Gasteiger charge is 2.13. The topological polar surface area (TPSA) is 63.9 Å². The lowest BCUT2D eigenvalue weighted by molar-refractivity contribution is 0.280. The normalized spacial score (nSPS) is 11.0. The first-order valence-corrected chi connectivity index (χ1v) is 7.20. The van der Waals surface area contributed by atoms with Crippen molar-refractivity contribution in [2.45, 2.75) is 25.8 Å². The lowest BCUT2D eigenvalue weighted by Gasteiger charge is -2.10. The first-order valence-electron chi connectivity index (χ1n) is 7.20. The molecule has 1 heterocycles. The van der Waals surface area contributed by atoms with E-state index in [4.69, 9.17) is 19.7 Å². The molecule has 0 saturated carbocycles. The maximum Gasteiger partial charge on any atom is 0.162 e. The minimum Gasteiger partial charge on any atom is -0.493 e. The number of rotatable bonds is 8. The van der Waals surface area contributed by atoms with Crippen molar-refractivity contribution in [2.75, 3.05) is 27.4 Å². The van der Waals surface area contributed by atoms with Gasteiger partial charge in [0.2, 0.25) is 0 Å². The Kier molecular flexibility index (Phi) is 5.47. The lowest BCUT2D eigenvalue weighted by atomic mass is 10.1. The molecule has 0 unspecified atom stereocenters. The predicted octanol–water partition coefficient (Wildman–Crippen LogP) is 1.97. The van der Waals surface area contributed by atoms with E-state index in [2.05, 4.69) is 10.8 Å². The van der Waals surface area contributed by atoms with Crippen LogP contribution in [0.5, 0.6) is 11.5 Å². The number of ether oxygens (including phenoxy) is 2. The van der Waals surface area contributed by atoms with Crippen LogP contribution in [0.4, 0.5) is 0 Å². The summed E-state index contributed by atoms with van der Waals surface area (Å²) in [6.07, 6.45) is 4.34. The Morgan fingerprint density at radius 2 is 1.67 bits per heavy atom. The summed E-state index contributed by atoms with van der Waals surface area (Å²) in [5, 5.41) is 19.2. The molecule has 0 saturated heterocycles. The van der Waals surface area contributed by atoms with Crippen LogP contribution >= 0.6 is 0 Å². The molecule has 0 aliphatic carbocycles. The Morgan fingerprint density at radius 1 is 1.00 bits per heavy atom. The molecule has 0 aliphatic rings. The van der Waals surface area contributed by atoms with Crippen molar-refractivity contribution in [1.82, 2.24) is 4.57 Å². The zero-order valence-corrected chi connectivity index (χ0v) is 12.6. The molecule has 0 radical (unpaired) electrons. The fourth-order valence-electron chi connectivity index (χ4n) is 2.59. The first-order chi connectivity index (χ1) is 10.2. The first kappa shape index (κ1) is 15.7. The quantitative estimate of drug-likeness (QED) is 0.781. The van der Waals surface area contributed by atoms with Gasteiger partial charge in [0.25, 0.3) is 0 Å². The van der Waals surface area contributed by atoms with Crippen LogP contribution in [-0.4, -0.2) is 42.2 Å². The highest BCUT2D eigenvalue weighted by Crippen LogP contribution is 2.35. The molecule has 1 aromatic heterocycles. The molecule has 5 nitrogen and oxygen atoms in total. The number of methoxy groups -OCH3 is 2. The second-order valence-corrected chi connectivity index (χ2v) is 4.98. The minimum atomic E-state index is 0.166. The van der Waals surface area contributed by atoms with Crippen molar-refractivity contribution >= 4 is 10.9 Å². The fraction of sp³-hybridized carbons (Fsp3) is 0.500. The van der Waals surface area contributed by atoms with Gasteiger partial charge in [-0.1, -0.05) is 0 Å². The van der Waals surface area contributed by atoms with Gasteiger partial charge < -0.3 is 24.3 Å². The van der Waals surface area contributed by atoms with Gasteiger partial charge in [-0.05, 0) is 30.9 Å². The summed E-state index contributed by atoms with van der Waals surface area (Å²) in [7, 11) is 3.25. The summed E-state index contributed by atoms with van der Waals surface area (Å²) in [6, 6.07) is 3.95. The molecule has 21 heavy (non-hydrogen) atoms. The van der Waals surface area contributed by atoms with E-state index in [1.807, 2.05) is 12.1 Å². The molecular formula is C16H23NO4. The highest BCUT2D eigenvalue weighted by atomic mass is 16.5. The lowest BCUT2D eigenvalue weighted by Crippen LogP contribution is -1.99. The molecule has 0 fully saturated rings. The molecule has 0 atom stereocenters. The smallest absolute Gasteiger partial charge is 0.162 e. The van der Waals surface area contributed by atoms with Gasteiger partial charge in [-0.25, -0.2) is 0 Å². The molecule has 0 aliphatic heterocycles. The Morgan fingerprint density at radius 3 is 2.29 bits per heavy atom. The second kappa shape index (κ2) is 7.33. The number of fused-ring (bicyclic) bond motifs is 1. The minimum absolute atomic E-state index is 0.166. The summed E-state index contributed by atoms with van der Waals surface area (Å²) in [5.74, 6) is 1.40. The molecule has 0 bridgehead atoms. The van der Waals surface area contributed by atoms with Crippen molar-refractivity contribution in [2.24, 2.45) is 0 Å². The summed E-state index contributed by atoms with van der Waals surface area (Å²) in [4.78, 5) is 0. The number of benzene rings is 1. The van der Waals surface area contributed by atoms with Gasteiger partial charge in [0.15, 0.2) is 11.5 Å². The summed E-state index contributed by atoms with van der Waals surface area (Å²) < 4.78 is 12.9. The fourth-order valence-corrected chi connectivity index (χ4v) is 2.59. The predicted molar refractivity (Wildman–Crippen MR) is 82.2 cm³/mol.